The number of hydrogen-bond donors (Lipinski definition) is 0. The molecule has 0 amide bonds. The predicted molar refractivity (Wildman–Crippen MR) is 167 cm³/mol. The average Bonchev–Trinajstić information content (AvgIpc) is 2.96. The quantitative estimate of drug-likeness (QED) is 0.233. The molecule has 0 aliphatic rings. The molecule has 0 saturated heterocycles. The molecular formula is C35H39N3. The lowest BCUT2D eigenvalue weighted by Gasteiger charge is -2.20. The number of hydrogen-bond acceptors (Lipinski definition) is 3. The molecule has 0 fully saturated rings. The molecule has 0 spiro atoms. The third-order valence-corrected chi connectivity index (χ3v) is 6.61. The lowest BCUT2D eigenvalue weighted by Crippen LogP contribution is -2.21. The Bertz CT molecular complexity index is 1290. The molecule has 0 atom stereocenters. The van der Waals surface area contributed by atoms with Gasteiger partial charge in [0.1, 0.15) is 0 Å². The molecule has 0 saturated carbocycles. The molecule has 0 aliphatic carbocycles. The molecule has 0 radical (unpaired) electrons. The molecule has 3 heteroatoms. The van der Waals surface area contributed by atoms with Crippen LogP contribution in [-0.2, 0) is 0 Å². The topological polar surface area (TPSA) is 30.3 Å². The zero-order chi connectivity index (χ0) is 27.2. The molecule has 0 unspecified atom stereocenters. The second-order valence-corrected chi connectivity index (χ2v) is 8.92. The second kappa shape index (κ2) is 15.1. The number of allylic oxidation sites excluding steroid dienone is 4. The van der Waals surface area contributed by atoms with Crippen molar-refractivity contribution in [2.75, 3.05) is 36.0 Å². The Balaban J connectivity index is 1.59. The first kappa shape index (κ1) is 28.3. The molecule has 3 rings (SSSR count). The summed E-state index contributed by atoms with van der Waals surface area (Å²) in [5.74, 6) is 0. The van der Waals surface area contributed by atoms with Gasteiger partial charge in [0.25, 0.3) is 0 Å². The van der Waals surface area contributed by atoms with Gasteiger partial charge in [0.2, 0.25) is 0 Å². The molecule has 0 heterocycles. The maximum Gasteiger partial charge on any atom is 0.0998 e. The Morgan fingerprint density at radius 2 is 0.947 bits per heavy atom. The number of nitriles is 1. The van der Waals surface area contributed by atoms with Gasteiger partial charge < -0.3 is 9.80 Å². The van der Waals surface area contributed by atoms with Crippen LogP contribution >= 0.6 is 0 Å². The number of benzene rings is 3. The van der Waals surface area contributed by atoms with Crippen molar-refractivity contribution in [3.63, 3.8) is 0 Å². The van der Waals surface area contributed by atoms with Crippen molar-refractivity contribution >= 4 is 35.7 Å². The lowest BCUT2D eigenvalue weighted by molar-refractivity contribution is 0.866. The van der Waals surface area contributed by atoms with E-state index >= 15 is 0 Å². The summed E-state index contributed by atoms with van der Waals surface area (Å²) in [5.41, 5.74) is 7.39. The molecule has 194 valence electrons. The van der Waals surface area contributed by atoms with Crippen molar-refractivity contribution in [3.8, 4) is 6.07 Å². The van der Waals surface area contributed by atoms with Crippen LogP contribution in [0.15, 0.2) is 91.0 Å². The average molecular weight is 502 g/mol. The van der Waals surface area contributed by atoms with Gasteiger partial charge in [-0.3, -0.25) is 0 Å². The van der Waals surface area contributed by atoms with E-state index in [-0.39, 0.29) is 0 Å². The number of rotatable bonds is 12. The lowest BCUT2D eigenvalue weighted by atomic mass is 10.0. The van der Waals surface area contributed by atoms with Crippen LogP contribution in [0.1, 0.15) is 55.5 Å². The maximum absolute atomic E-state index is 9.66. The SMILES string of the molecule is CCN(CC)c1ccc(C=CC=Cc2ccc(C=CC=Cc3ccc(N(CC)CC)cc3)c(C#N)c2)cc1. The van der Waals surface area contributed by atoms with Crippen LogP contribution in [0.25, 0.3) is 24.3 Å². The molecule has 0 bridgehead atoms. The van der Waals surface area contributed by atoms with Crippen LogP contribution in [0, 0.1) is 11.3 Å². The molecule has 3 aromatic carbocycles. The molecule has 3 aromatic rings. The first-order valence-corrected chi connectivity index (χ1v) is 13.5. The smallest absolute Gasteiger partial charge is 0.0998 e. The predicted octanol–water partition coefficient (Wildman–Crippen LogP) is 8.70. The summed E-state index contributed by atoms with van der Waals surface area (Å²) < 4.78 is 0. The molecule has 38 heavy (non-hydrogen) atoms. The monoisotopic (exact) mass is 501 g/mol. The van der Waals surface area contributed by atoms with Gasteiger partial charge in [-0.15, -0.1) is 0 Å². The number of anilines is 2. The van der Waals surface area contributed by atoms with Crippen LogP contribution in [-0.4, -0.2) is 26.2 Å². The Morgan fingerprint density at radius 1 is 0.553 bits per heavy atom. The van der Waals surface area contributed by atoms with Crippen molar-refractivity contribution in [3.05, 3.63) is 119 Å². The van der Waals surface area contributed by atoms with E-state index in [4.69, 9.17) is 0 Å². The minimum absolute atomic E-state index is 0.663. The summed E-state index contributed by atoms with van der Waals surface area (Å²) in [5, 5.41) is 9.66. The number of nitrogens with zero attached hydrogens (tertiary/aromatic N) is 3. The molecule has 0 N–H and O–H groups in total. The fourth-order valence-electron chi connectivity index (χ4n) is 4.35. The van der Waals surface area contributed by atoms with E-state index in [2.05, 4.69) is 104 Å². The van der Waals surface area contributed by atoms with Gasteiger partial charge in [0.15, 0.2) is 0 Å². The van der Waals surface area contributed by atoms with E-state index in [1.165, 1.54) is 11.4 Å². The molecule has 0 aromatic heterocycles. The minimum atomic E-state index is 0.663. The summed E-state index contributed by atoms with van der Waals surface area (Å²) in [6, 6.07) is 25.5. The first-order valence-electron chi connectivity index (χ1n) is 13.5. The van der Waals surface area contributed by atoms with Crippen molar-refractivity contribution in [1.82, 2.24) is 0 Å². The Kier molecular flexibility index (Phi) is 11.2. The zero-order valence-electron chi connectivity index (χ0n) is 23.1. The highest BCUT2D eigenvalue weighted by molar-refractivity contribution is 5.66. The molecular weight excluding hydrogens is 462 g/mol. The first-order chi connectivity index (χ1) is 18.6. The van der Waals surface area contributed by atoms with Gasteiger partial charge in [-0.2, -0.15) is 5.26 Å². The van der Waals surface area contributed by atoms with Crippen LogP contribution < -0.4 is 9.80 Å². The normalized spacial score (nSPS) is 11.7. The summed E-state index contributed by atoms with van der Waals surface area (Å²) in [6.45, 7) is 12.7. The third-order valence-electron chi connectivity index (χ3n) is 6.61. The zero-order valence-corrected chi connectivity index (χ0v) is 23.1. The van der Waals surface area contributed by atoms with Crippen molar-refractivity contribution in [2.24, 2.45) is 0 Å². The van der Waals surface area contributed by atoms with Crippen molar-refractivity contribution in [2.45, 2.75) is 27.7 Å². The fraction of sp³-hybridized carbons (Fsp3) is 0.229. The third kappa shape index (κ3) is 8.11. The highest BCUT2D eigenvalue weighted by Crippen LogP contribution is 2.18. The second-order valence-electron chi connectivity index (χ2n) is 8.92. The fourth-order valence-corrected chi connectivity index (χ4v) is 4.35. The van der Waals surface area contributed by atoms with Crippen LogP contribution in [0.3, 0.4) is 0 Å². The van der Waals surface area contributed by atoms with Crippen molar-refractivity contribution in [1.29, 1.82) is 5.26 Å². The van der Waals surface area contributed by atoms with E-state index in [1.54, 1.807) is 0 Å². The van der Waals surface area contributed by atoms with Crippen LogP contribution in [0.2, 0.25) is 0 Å². The summed E-state index contributed by atoms with van der Waals surface area (Å²) in [4.78, 5) is 4.67. The van der Waals surface area contributed by atoms with E-state index < -0.39 is 0 Å². The van der Waals surface area contributed by atoms with E-state index in [0.29, 0.717) is 5.56 Å². The van der Waals surface area contributed by atoms with E-state index in [0.717, 1.165) is 48.4 Å². The van der Waals surface area contributed by atoms with Crippen LogP contribution in [0.5, 0.6) is 0 Å². The van der Waals surface area contributed by atoms with Crippen LogP contribution in [0.4, 0.5) is 11.4 Å². The summed E-state index contributed by atoms with van der Waals surface area (Å²) in [6.07, 6.45) is 16.2. The largest absolute Gasteiger partial charge is 0.372 e. The van der Waals surface area contributed by atoms with Gasteiger partial charge in [-0.05, 0) is 80.3 Å². The van der Waals surface area contributed by atoms with Gasteiger partial charge in [0.05, 0.1) is 11.6 Å². The van der Waals surface area contributed by atoms with E-state index in [9.17, 15) is 5.26 Å². The Morgan fingerprint density at radius 3 is 1.37 bits per heavy atom. The Hall–Kier alpha value is -4.29. The summed E-state index contributed by atoms with van der Waals surface area (Å²) in [7, 11) is 0. The van der Waals surface area contributed by atoms with E-state index in [1.807, 2.05) is 54.7 Å². The van der Waals surface area contributed by atoms with Gasteiger partial charge in [-0.1, -0.05) is 85.0 Å². The maximum atomic E-state index is 9.66. The standard InChI is InChI=1S/C35H39N3/c1-5-37(6-2)34-23-18-29(19-24-34)13-9-10-15-31-17-22-32(33(27-31)28-36)16-12-11-14-30-20-25-35(26-21-30)38(7-3)8-4/h9-27H,5-8H2,1-4H3. The Labute approximate surface area is 229 Å². The molecule has 0 aliphatic heterocycles. The minimum Gasteiger partial charge on any atom is -0.372 e. The van der Waals surface area contributed by atoms with Gasteiger partial charge in [0, 0.05) is 37.6 Å². The van der Waals surface area contributed by atoms with Gasteiger partial charge in [-0.25, -0.2) is 0 Å². The molecule has 3 nitrogen and oxygen atoms in total. The van der Waals surface area contributed by atoms with Crippen molar-refractivity contribution < 1.29 is 0 Å². The summed E-state index contributed by atoms with van der Waals surface area (Å²) >= 11 is 0. The highest BCUT2D eigenvalue weighted by atomic mass is 15.1. The highest BCUT2D eigenvalue weighted by Gasteiger charge is 2.02. The van der Waals surface area contributed by atoms with Gasteiger partial charge >= 0.3 is 0 Å².